The molecule has 1 saturated carbocycles. The zero-order valence-corrected chi connectivity index (χ0v) is 20.8. The molecule has 2 N–H and O–H groups in total. The summed E-state index contributed by atoms with van der Waals surface area (Å²) in [5.41, 5.74) is 1.67. The SMILES string of the molecule is CC(=O)N1c2ccc(S(=O)(=O)NCC3CCC(C(=O)NCc4ccc(C)o4)CC3)cc2C[C@H]1C. The largest absolute Gasteiger partial charge is 0.465 e. The summed E-state index contributed by atoms with van der Waals surface area (Å²) in [6.45, 7) is 6.09. The first-order valence-corrected chi connectivity index (χ1v) is 13.4. The molecule has 0 bridgehead atoms. The molecule has 2 amide bonds. The van der Waals surface area contributed by atoms with Gasteiger partial charge in [-0.3, -0.25) is 9.59 Å². The van der Waals surface area contributed by atoms with E-state index in [-0.39, 0.29) is 34.6 Å². The zero-order valence-electron chi connectivity index (χ0n) is 20.0. The molecule has 0 spiro atoms. The van der Waals surface area contributed by atoms with Crippen molar-refractivity contribution in [1.29, 1.82) is 0 Å². The van der Waals surface area contributed by atoms with Crippen LogP contribution < -0.4 is 14.9 Å². The second-order valence-corrected chi connectivity index (χ2v) is 11.3. The molecular weight excluding hydrogens is 454 g/mol. The Morgan fingerprint density at radius 2 is 1.85 bits per heavy atom. The van der Waals surface area contributed by atoms with E-state index in [0.717, 1.165) is 48.5 Å². The number of hydrogen-bond acceptors (Lipinski definition) is 5. The van der Waals surface area contributed by atoms with Crippen molar-refractivity contribution in [3.05, 3.63) is 47.4 Å². The van der Waals surface area contributed by atoms with Crippen molar-refractivity contribution in [3.63, 3.8) is 0 Å². The fourth-order valence-electron chi connectivity index (χ4n) is 5.09. The molecule has 9 heteroatoms. The topological polar surface area (TPSA) is 109 Å². The van der Waals surface area contributed by atoms with E-state index in [1.54, 1.807) is 23.1 Å². The van der Waals surface area contributed by atoms with Gasteiger partial charge in [-0.2, -0.15) is 0 Å². The van der Waals surface area contributed by atoms with Crippen molar-refractivity contribution in [3.8, 4) is 0 Å². The second kappa shape index (κ2) is 9.92. The summed E-state index contributed by atoms with van der Waals surface area (Å²) in [5.74, 6) is 1.70. The Hall–Kier alpha value is -2.65. The van der Waals surface area contributed by atoms with Gasteiger partial charge in [-0.05, 0) is 87.8 Å². The molecule has 4 rings (SSSR count). The number of anilines is 1. The van der Waals surface area contributed by atoms with Crippen LogP contribution in [0.25, 0.3) is 0 Å². The Morgan fingerprint density at radius 3 is 2.50 bits per heavy atom. The van der Waals surface area contributed by atoms with Gasteiger partial charge in [0.05, 0.1) is 11.4 Å². The fraction of sp³-hybridized carbons (Fsp3) is 0.520. The minimum absolute atomic E-state index is 0.0222. The maximum absolute atomic E-state index is 12.9. The standard InChI is InChI=1S/C25H33N3O5S/c1-16-12-21-13-23(10-11-24(21)28(16)18(3)29)34(31,32)27-14-19-5-7-20(8-6-19)25(30)26-15-22-9-4-17(2)33-22/h4,9-11,13,16,19-20,27H,5-8,12,14-15H2,1-3H3,(H,26,30)/t16-,19?,20?/m1/s1. The lowest BCUT2D eigenvalue weighted by Crippen LogP contribution is -2.36. The van der Waals surface area contributed by atoms with E-state index in [1.165, 1.54) is 6.92 Å². The van der Waals surface area contributed by atoms with Crippen molar-refractivity contribution in [2.45, 2.75) is 70.4 Å². The van der Waals surface area contributed by atoms with Crippen LogP contribution in [0.1, 0.15) is 56.6 Å². The van der Waals surface area contributed by atoms with E-state index in [9.17, 15) is 18.0 Å². The maximum Gasteiger partial charge on any atom is 0.240 e. The summed E-state index contributed by atoms with van der Waals surface area (Å²) in [6, 6.07) is 8.73. The Morgan fingerprint density at radius 1 is 1.12 bits per heavy atom. The number of carbonyl (C=O) groups excluding carboxylic acids is 2. The van der Waals surface area contributed by atoms with Gasteiger partial charge in [0.25, 0.3) is 0 Å². The molecule has 2 aliphatic rings. The van der Waals surface area contributed by atoms with Crippen molar-refractivity contribution >= 4 is 27.5 Å². The van der Waals surface area contributed by atoms with Crippen LogP contribution >= 0.6 is 0 Å². The number of benzene rings is 1. The molecule has 184 valence electrons. The molecule has 1 fully saturated rings. The summed E-state index contributed by atoms with van der Waals surface area (Å²) in [4.78, 5) is 26.3. The van der Waals surface area contributed by atoms with E-state index in [2.05, 4.69) is 10.0 Å². The third kappa shape index (κ3) is 5.36. The van der Waals surface area contributed by atoms with Gasteiger partial charge in [-0.15, -0.1) is 0 Å². The number of sulfonamides is 1. The number of carbonyl (C=O) groups is 2. The van der Waals surface area contributed by atoms with Crippen molar-refractivity contribution in [2.24, 2.45) is 11.8 Å². The van der Waals surface area contributed by atoms with Crippen LogP contribution in [0.3, 0.4) is 0 Å². The Balaban J connectivity index is 1.27. The molecule has 1 aromatic heterocycles. The first kappa shape index (κ1) is 24.5. The van der Waals surface area contributed by atoms with E-state index in [4.69, 9.17) is 4.42 Å². The lowest BCUT2D eigenvalue weighted by molar-refractivity contribution is -0.126. The third-order valence-corrected chi connectivity index (χ3v) is 8.35. The molecule has 2 aromatic rings. The number of aryl methyl sites for hydroxylation is 1. The molecule has 34 heavy (non-hydrogen) atoms. The van der Waals surface area contributed by atoms with Crippen molar-refractivity contribution < 1.29 is 22.4 Å². The maximum atomic E-state index is 12.9. The van der Waals surface area contributed by atoms with Crippen LogP contribution in [0.15, 0.2) is 39.6 Å². The molecule has 8 nitrogen and oxygen atoms in total. The number of nitrogens with zero attached hydrogens (tertiary/aromatic N) is 1. The predicted octanol–water partition coefficient (Wildman–Crippen LogP) is 3.29. The lowest BCUT2D eigenvalue weighted by atomic mass is 9.81. The van der Waals surface area contributed by atoms with Crippen LogP contribution in [-0.2, 0) is 32.6 Å². The average Bonchev–Trinajstić information content (AvgIpc) is 3.37. The number of amides is 2. The molecule has 1 aliphatic heterocycles. The first-order valence-electron chi connectivity index (χ1n) is 11.9. The molecule has 0 unspecified atom stereocenters. The van der Waals surface area contributed by atoms with Crippen molar-refractivity contribution in [1.82, 2.24) is 10.0 Å². The smallest absolute Gasteiger partial charge is 0.240 e. The quantitative estimate of drug-likeness (QED) is 0.623. The molecule has 1 atom stereocenters. The molecule has 1 aliphatic carbocycles. The highest BCUT2D eigenvalue weighted by molar-refractivity contribution is 7.89. The zero-order chi connectivity index (χ0) is 24.5. The highest BCUT2D eigenvalue weighted by Gasteiger charge is 2.31. The van der Waals surface area contributed by atoms with E-state index < -0.39 is 10.0 Å². The van der Waals surface area contributed by atoms with Crippen LogP contribution in [0.5, 0.6) is 0 Å². The van der Waals surface area contributed by atoms with Crippen molar-refractivity contribution in [2.75, 3.05) is 11.4 Å². The first-order chi connectivity index (χ1) is 16.1. The minimum atomic E-state index is -3.65. The highest BCUT2D eigenvalue weighted by atomic mass is 32.2. The molecule has 2 heterocycles. The summed E-state index contributed by atoms with van der Waals surface area (Å²) in [5, 5.41) is 2.94. The van der Waals surface area contributed by atoms with Gasteiger partial charge in [-0.25, -0.2) is 13.1 Å². The van der Waals surface area contributed by atoms with Crippen LogP contribution in [-0.4, -0.2) is 32.8 Å². The van der Waals surface area contributed by atoms with Crippen LogP contribution in [0.2, 0.25) is 0 Å². The van der Waals surface area contributed by atoms with Gasteiger partial charge in [0.1, 0.15) is 11.5 Å². The number of fused-ring (bicyclic) bond motifs is 1. The van der Waals surface area contributed by atoms with E-state index in [1.807, 2.05) is 26.0 Å². The summed E-state index contributed by atoms with van der Waals surface area (Å²) in [6.07, 6.45) is 3.73. The lowest BCUT2D eigenvalue weighted by Gasteiger charge is -2.27. The van der Waals surface area contributed by atoms with Gasteiger partial charge >= 0.3 is 0 Å². The Bertz CT molecular complexity index is 1160. The number of furan rings is 1. The van der Waals surface area contributed by atoms with Gasteiger partial charge in [-0.1, -0.05) is 0 Å². The molecule has 0 radical (unpaired) electrons. The predicted molar refractivity (Wildman–Crippen MR) is 129 cm³/mol. The summed E-state index contributed by atoms with van der Waals surface area (Å²) in [7, 11) is -3.65. The summed E-state index contributed by atoms with van der Waals surface area (Å²) >= 11 is 0. The van der Waals surface area contributed by atoms with Gasteiger partial charge in [0, 0.05) is 31.1 Å². The monoisotopic (exact) mass is 487 g/mol. The Kier molecular flexibility index (Phi) is 7.14. The minimum Gasteiger partial charge on any atom is -0.465 e. The second-order valence-electron chi connectivity index (χ2n) is 9.53. The number of nitrogens with one attached hydrogen (secondary N) is 2. The van der Waals surface area contributed by atoms with Crippen LogP contribution in [0, 0.1) is 18.8 Å². The number of hydrogen-bond donors (Lipinski definition) is 2. The number of rotatable bonds is 7. The van der Waals surface area contributed by atoms with Crippen LogP contribution in [0.4, 0.5) is 5.69 Å². The van der Waals surface area contributed by atoms with Gasteiger partial charge < -0.3 is 14.6 Å². The summed E-state index contributed by atoms with van der Waals surface area (Å²) < 4.78 is 34.0. The molecule has 1 aromatic carbocycles. The third-order valence-electron chi connectivity index (χ3n) is 6.93. The molecule has 0 saturated heterocycles. The normalized spacial score (nSPS) is 22.4. The van der Waals surface area contributed by atoms with Gasteiger partial charge in [0.2, 0.25) is 21.8 Å². The van der Waals surface area contributed by atoms with Gasteiger partial charge in [0.15, 0.2) is 0 Å². The van der Waals surface area contributed by atoms with E-state index >= 15 is 0 Å². The average molecular weight is 488 g/mol. The highest BCUT2D eigenvalue weighted by Crippen LogP contribution is 2.34. The van der Waals surface area contributed by atoms with E-state index in [0.29, 0.717) is 19.5 Å². The molecular formula is C25H33N3O5S. The Labute approximate surface area is 201 Å². The fourth-order valence-corrected chi connectivity index (χ4v) is 6.26.